The molecule has 3 rings (SSSR count). The SMILES string of the molecule is C=CC(Cc1ccccc1)c1cc2c(c(OC)c1OC)OCO2. The van der Waals surface area contributed by atoms with E-state index in [1.807, 2.05) is 30.3 Å². The Bertz CT molecular complexity index is 694. The van der Waals surface area contributed by atoms with E-state index in [-0.39, 0.29) is 12.7 Å². The normalized spacial score (nSPS) is 13.5. The lowest BCUT2D eigenvalue weighted by Crippen LogP contribution is -2.04. The molecule has 120 valence electrons. The average molecular weight is 312 g/mol. The Morgan fingerprint density at radius 3 is 2.52 bits per heavy atom. The van der Waals surface area contributed by atoms with Gasteiger partial charge < -0.3 is 18.9 Å². The molecule has 0 aromatic heterocycles. The Labute approximate surface area is 136 Å². The second-order valence-electron chi connectivity index (χ2n) is 5.30. The first-order valence-corrected chi connectivity index (χ1v) is 7.49. The second kappa shape index (κ2) is 6.65. The number of hydrogen-bond donors (Lipinski definition) is 0. The van der Waals surface area contributed by atoms with E-state index in [0.29, 0.717) is 23.0 Å². The molecule has 1 unspecified atom stereocenters. The summed E-state index contributed by atoms with van der Waals surface area (Å²) in [5, 5.41) is 0. The fourth-order valence-electron chi connectivity index (χ4n) is 2.87. The minimum Gasteiger partial charge on any atom is -0.492 e. The van der Waals surface area contributed by atoms with Crippen molar-refractivity contribution in [3.8, 4) is 23.0 Å². The van der Waals surface area contributed by atoms with Crippen LogP contribution in [0.1, 0.15) is 17.0 Å². The molecule has 0 spiro atoms. The van der Waals surface area contributed by atoms with E-state index in [4.69, 9.17) is 18.9 Å². The third-order valence-corrected chi connectivity index (χ3v) is 3.99. The zero-order valence-corrected chi connectivity index (χ0v) is 13.4. The number of benzene rings is 2. The highest BCUT2D eigenvalue weighted by Gasteiger charge is 2.28. The first-order chi connectivity index (χ1) is 11.3. The van der Waals surface area contributed by atoms with Crippen molar-refractivity contribution in [2.45, 2.75) is 12.3 Å². The van der Waals surface area contributed by atoms with Gasteiger partial charge in [-0.2, -0.15) is 0 Å². The van der Waals surface area contributed by atoms with Crippen molar-refractivity contribution in [2.24, 2.45) is 0 Å². The molecule has 1 heterocycles. The van der Waals surface area contributed by atoms with E-state index < -0.39 is 0 Å². The van der Waals surface area contributed by atoms with E-state index in [1.165, 1.54) is 5.56 Å². The van der Waals surface area contributed by atoms with Crippen molar-refractivity contribution in [1.82, 2.24) is 0 Å². The van der Waals surface area contributed by atoms with Crippen LogP contribution in [0.25, 0.3) is 0 Å². The highest BCUT2D eigenvalue weighted by molar-refractivity contribution is 5.65. The molecule has 0 N–H and O–H groups in total. The summed E-state index contributed by atoms with van der Waals surface area (Å²) in [4.78, 5) is 0. The second-order valence-corrected chi connectivity index (χ2v) is 5.30. The van der Waals surface area contributed by atoms with Gasteiger partial charge in [-0.25, -0.2) is 0 Å². The van der Waals surface area contributed by atoms with Crippen molar-refractivity contribution in [2.75, 3.05) is 21.0 Å². The summed E-state index contributed by atoms with van der Waals surface area (Å²) >= 11 is 0. The number of rotatable bonds is 6. The Morgan fingerprint density at radius 2 is 1.87 bits per heavy atom. The summed E-state index contributed by atoms with van der Waals surface area (Å²) in [5.41, 5.74) is 2.21. The summed E-state index contributed by atoms with van der Waals surface area (Å²) in [6, 6.07) is 12.2. The van der Waals surface area contributed by atoms with Crippen LogP contribution in [0.2, 0.25) is 0 Å². The van der Waals surface area contributed by atoms with E-state index >= 15 is 0 Å². The summed E-state index contributed by atoms with van der Waals surface area (Å²) in [7, 11) is 3.23. The van der Waals surface area contributed by atoms with Crippen LogP contribution in [0.5, 0.6) is 23.0 Å². The summed E-state index contributed by atoms with van der Waals surface area (Å²) in [5.74, 6) is 2.58. The number of fused-ring (bicyclic) bond motifs is 1. The molecular weight excluding hydrogens is 292 g/mol. The summed E-state index contributed by atoms with van der Waals surface area (Å²) in [6.07, 6.45) is 2.75. The summed E-state index contributed by atoms with van der Waals surface area (Å²) in [6.45, 7) is 4.18. The van der Waals surface area contributed by atoms with Crippen molar-refractivity contribution in [3.05, 3.63) is 60.2 Å². The molecule has 4 nitrogen and oxygen atoms in total. The molecule has 2 aromatic carbocycles. The molecule has 0 radical (unpaired) electrons. The van der Waals surface area contributed by atoms with Crippen molar-refractivity contribution in [1.29, 1.82) is 0 Å². The Kier molecular flexibility index (Phi) is 4.42. The van der Waals surface area contributed by atoms with Crippen LogP contribution in [0.4, 0.5) is 0 Å². The topological polar surface area (TPSA) is 36.9 Å². The quantitative estimate of drug-likeness (QED) is 0.757. The van der Waals surface area contributed by atoms with E-state index in [2.05, 4.69) is 18.7 Å². The van der Waals surface area contributed by atoms with E-state index in [1.54, 1.807) is 14.2 Å². The summed E-state index contributed by atoms with van der Waals surface area (Å²) < 4.78 is 22.1. The maximum atomic E-state index is 5.60. The average Bonchev–Trinajstić information content (AvgIpc) is 3.07. The Balaban J connectivity index is 2.04. The van der Waals surface area contributed by atoms with Crippen LogP contribution in [0.15, 0.2) is 49.1 Å². The smallest absolute Gasteiger partial charge is 0.231 e. The van der Waals surface area contributed by atoms with Gasteiger partial charge in [0.25, 0.3) is 0 Å². The molecule has 0 aliphatic carbocycles. The van der Waals surface area contributed by atoms with Gasteiger partial charge in [-0.05, 0) is 18.1 Å². The van der Waals surface area contributed by atoms with Gasteiger partial charge in [-0.15, -0.1) is 6.58 Å². The highest BCUT2D eigenvalue weighted by atomic mass is 16.7. The Morgan fingerprint density at radius 1 is 1.13 bits per heavy atom. The van der Waals surface area contributed by atoms with Crippen molar-refractivity contribution < 1.29 is 18.9 Å². The Hall–Kier alpha value is -2.62. The van der Waals surface area contributed by atoms with Gasteiger partial charge in [-0.3, -0.25) is 0 Å². The first kappa shape index (κ1) is 15.3. The standard InChI is InChI=1S/C19H20O4/c1-4-14(10-13-8-6-5-7-9-13)15-11-16-18(23-12-22-16)19(21-3)17(15)20-2/h4-9,11,14H,1,10,12H2,2-3H3. The first-order valence-electron chi connectivity index (χ1n) is 7.49. The largest absolute Gasteiger partial charge is 0.492 e. The predicted octanol–water partition coefficient (Wildman–Crippen LogP) is 3.94. The molecule has 0 bridgehead atoms. The molecule has 1 aliphatic rings. The molecule has 1 atom stereocenters. The maximum absolute atomic E-state index is 5.60. The van der Waals surface area contributed by atoms with Gasteiger partial charge in [0.1, 0.15) is 0 Å². The van der Waals surface area contributed by atoms with Crippen LogP contribution < -0.4 is 18.9 Å². The van der Waals surface area contributed by atoms with E-state index in [0.717, 1.165) is 12.0 Å². The molecular formula is C19H20O4. The van der Waals surface area contributed by atoms with Crippen molar-refractivity contribution >= 4 is 0 Å². The van der Waals surface area contributed by atoms with Crippen LogP contribution in [0.3, 0.4) is 0 Å². The molecule has 0 amide bonds. The van der Waals surface area contributed by atoms with Crippen LogP contribution >= 0.6 is 0 Å². The fraction of sp³-hybridized carbons (Fsp3) is 0.263. The molecule has 23 heavy (non-hydrogen) atoms. The molecule has 4 heteroatoms. The third kappa shape index (κ3) is 2.84. The van der Waals surface area contributed by atoms with Gasteiger partial charge in [0.2, 0.25) is 18.3 Å². The monoisotopic (exact) mass is 312 g/mol. The van der Waals surface area contributed by atoms with Gasteiger partial charge in [0, 0.05) is 11.5 Å². The molecule has 1 aliphatic heterocycles. The zero-order chi connectivity index (χ0) is 16.2. The lowest BCUT2D eigenvalue weighted by Gasteiger charge is -2.20. The van der Waals surface area contributed by atoms with Gasteiger partial charge in [-0.1, -0.05) is 36.4 Å². The fourth-order valence-corrected chi connectivity index (χ4v) is 2.87. The molecule has 2 aromatic rings. The van der Waals surface area contributed by atoms with Crippen LogP contribution in [0, 0.1) is 0 Å². The molecule has 0 fully saturated rings. The predicted molar refractivity (Wildman–Crippen MR) is 88.8 cm³/mol. The van der Waals surface area contributed by atoms with Gasteiger partial charge >= 0.3 is 0 Å². The minimum atomic E-state index is 0.0794. The highest BCUT2D eigenvalue weighted by Crippen LogP contribution is 2.51. The molecule has 0 saturated heterocycles. The zero-order valence-electron chi connectivity index (χ0n) is 13.4. The number of allylic oxidation sites excluding steroid dienone is 1. The number of ether oxygens (including phenoxy) is 4. The maximum Gasteiger partial charge on any atom is 0.231 e. The minimum absolute atomic E-state index is 0.0794. The lowest BCUT2D eigenvalue weighted by molar-refractivity contribution is 0.170. The van der Waals surface area contributed by atoms with Gasteiger partial charge in [0.05, 0.1) is 14.2 Å². The van der Waals surface area contributed by atoms with Gasteiger partial charge in [0.15, 0.2) is 11.5 Å². The van der Waals surface area contributed by atoms with E-state index in [9.17, 15) is 0 Å². The van der Waals surface area contributed by atoms with Crippen LogP contribution in [-0.2, 0) is 6.42 Å². The number of hydrogen-bond acceptors (Lipinski definition) is 4. The third-order valence-electron chi connectivity index (χ3n) is 3.99. The molecule has 0 saturated carbocycles. The lowest BCUT2D eigenvalue weighted by atomic mass is 9.90. The number of methoxy groups -OCH3 is 2. The van der Waals surface area contributed by atoms with Crippen LogP contribution in [-0.4, -0.2) is 21.0 Å². The van der Waals surface area contributed by atoms with Crippen molar-refractivity contribution in [3.63, 3.8) is 0 Å².